The summed E-state index contributed by atoms with van der Waals surface area (Å²) in [5, 5.41) is 19.0. The van der Waals surface area contributed by atoms with Crippen molar-refractivity contribution in [2.24, 2.45) is 0 Å². The van der Waals surface area contributed by atoms with Crippen molar-refractivity contribution in [3.8, 4) is 0 Å². The lowest BCUT2D eigenvalue weighted by Gasteiger charge is -2.17. The summed E-state index contributed by atoms with van der Waals surface area (Å²) in [5.74, 6) is -1.27. The number of carboxylic acids is 1. The van der Waals surface area contributed by atoms with Crippen LogP contribution in [0.2, 0.25) is 10.0 Å². The van der Waals surface area contributed by atoms with Crippen LogP contribution in [0.4, 0.5) is 0 Å². The average molecular weight is 249 g/mol. The van der Waals surface area contributed by atoms with Crippen LogP contribution in [0, 0.1) is 0 Å². The van der Waals surface area contributed by atoms with Crippen LogP contribution in [-0.4, -0.2) is 21.8 Å². The summed E-state index contributed by atoms with van der Waals surface area (Å²) in [6, 6.07) is 4.74. The minimum atomic E-state index is -1.79. The van der Waals surface area contributed by atoms with Crippen LogP contribution in [0.1, 0.15) is 12.5 Å². The molecule has 1 aromatic carbocycles. The van der Waals surface area contributed by atoms with Gasteiger partial charge in [0.1, 0.15) is 0 Å². The maximum Gasteiger partial charge on any atom is 0.335 e. The molecule has 0 fully saturated rings. The summed E-state index contributed by atoms with van der Waals surface area (Å²) in [5.41, 5.74) is -1.17. The van der Waals surface area contributed by atoms with Crippen molar-refractivity contribution in [3.05, 3.63) is 33.8 Å². The Balaban J connectivity index is 2.91. The fourth-order valence-electron chi connectivity index (χ4n) is 1.12. The molecule has 1 aromatic rings. The third kappa shape index (κ3) is 3.09. The third-order valence-electron chi connectivity index (χ3n) is 1.99. The van der Waals surface area contributed by atoms with Crippen LogP contribution in [0.3, 0.4) is 0 Å². The molecular weight excluding hydrogens is 239 g/mol. The number of aliphatic carboxylic acids is 1. The number of halogens is 2. The van der Waals surface area contributed by atoms with E-state index in [1.54, 1.807) is 18.2 Å². The molecule has 0 saturated heterocycles. The molecule has 1 unspecified atom stereocenters. The molecule has 15 heavy (non-hydrogen) atoms. The van der Waals surface area contributed by atoms with Crippen LogP contribution < -0.4 is 0 Å². The molecule has 3 nitrogen and oxygen atoms in total. The minimum Gasteiger partial charge on any atom is -0.479 e. The first kappa shape index (κ1) is 12.3. The summed E-state index contributed by atoms with van der Waals surface area (Å²) in [6.45, 7) is 1.23. The number of hydrogen-bond acceptors (Lipinski definition) is 2. The summed E-state index contributed by atoms with van der Waals surface area (Å²) >= 11 is 11.5. The Bertz CT molecular complexity index is 388. The number of rotatable bonds is 3. The summed E-state index contributed by atoms with van der Waals surface area (Å²) in [6.07, 6.45) is -0.0147. The highest BCUT2D eigenvalue weighted by Gasteiger charge is 2.30. The summed E-state index contributed by atoms with van der Waals surface area (Å²) in [7, 11) is 0. The van der Waals surface area contributed by atoms with Gasteiger partial charge in [-0.05, 0) is 24.6 Å². The molecule has 0 aliphatic rings. The van der Waals surface area contributed by atoms with E-state index in [1.165, 1.54) is 6.92 Å². The monoisotopic (exact) mass is 248 g/mol. The highest BCUT2D eigenvalue weighted by atomic mass is 35.5. The quantitative estimate of drug-likeness (QED) is 0.864. The Labute approximate surface area is 97.2 Å². The summed E-state index contributed by atoms with van der Waals surface area (Å²) < 4.78 is 0. The van der Waals surface area contributed by atoms with E-state index in [1.807, 2.05) is 0 Å². The van der Waals surface area contributed by atoms with Gasteiger partial charge < -0.3 is 10.2 Å². The second kappa shape index (κ2) is 4.39. The van der Waals surface area contributed by atoms with Crippen LogP contribution >= 0.6 is 23.2 Å². The van der Waals surface area contributed by atoms with Gasteiger partial charge in [-0.2, -0.15) is 0 Å². The first-order valence-corrected chi connectivity index (χ1v) is 4.98. The number of hydrogen-bond donors (Lipinski definition) is 2. The fraction of sp³-hybridized carbons (Fsp3) is 0.300. The number of carbonyl (C=O) groups is 1. The maximum atomic E-state index is 10.7. The van der Waals surface area contributed by atoms with Gasteiger partial charge in [-0.1, -0.05) is 29.3 Å². The molecule has 0 bridgehead atoms. The van der Waals surface area contributed by atoms with Gasteiger partial charge in [0.2, 0.25) is 0 Å². The molecule has 0 heterocycles. The molecule has 5 heteroatoms. The molecule has 2 N–H and O–H groups in total. The van der Waals surface area contributed by atoms with Crippen LogP contribution in [0.25, 0.3) is 0 Å². The minimum absolute atomic E-state index is 0.0147. The van der Waals surface area contributed by atoms with Crippen molar-refractivity contribution >= 4 is 29.2 Å². The molecule has 0 aromatic heterocycles. The predicted molar refractivity (Wildman–Crippen MR) is 58.4 cm³/mol. The molecule has 0 aliphatic heterocycles. The van der Waals surface area contributed by atoms with Crippen LogP contribution in [0.5, 0.6) is 0 Å². The third-order valence-corrected chi connectivity index (χ3v) is 2.73. The Kier molecular flexibility index (Phi) is 3.60. The zero-order valence-electron chi connectivity index (χ0n) is 8.00. The van der Waals surface area contributed by atoms with Crippen molar-refractivity contribution in [1.82, 2.24) is 0 Å². The largest absolute Gasteiger partial charge is 0.479 e. The second-order valence-corrected chi connectivity index (χ2v) is 4.32. The number of benzene rings is 1. The van der Waals surface area contributed by atoms with E-state index in [-0.39, 0.29) is 6.42 Å². The predicted octanol–water partition coefficient (Wildman–Crippen LogP) is 2.37. The lowest BCUT2D eigenvalue weighted by molar-refractivity contribution is -0.156. The highest BCUT2D eigenvalue weighted by molar-refractivity contribution is 6.42. The van der Waals surface area contributed by atoms with Gasteiger partial charge in [-0.25, -0.2) is 4.79 Å². The second-order valence-electron chi connectivity index (χ2n) is 3.50. The molecule has 0 spiro atoms. The van der Waals surface area contributed by atoms with Gasteiger partial charge in [-0.3, -0.25) is 0 Å². The van der Waals surface area contributed by atoms with E-state index < -0.39 is 11.6 Å². The van der Waals surface area contributed by atoms with Crippen molar-refractivity contribution < 1.29 is 15.0 Å². The van der Waals surface area contributed by atoms with Crippen molar-refractivity contribution in [1.29, 1.82) is 0 Å². The Morgan fingerprint density at radius 2 is 2.00 bits per heavy atom. The Morgan fingerprint density at radius 1 is 1.40 bits per heavy atom. The topological polar surface area (TPSA) is 57.5 Å². The Morgan fingerprint density at radius 3 is 2.47 bits per heavy atom. The molecule has 1 atom stereocenters. The first-order valence-electron chi connectivity index (χ1n) is 4.22. The van der Waals surface area contributed by atoms with Gasteiger partial charge in [-0.15, -0.1) is 0 Å². The first-order chi connectivity index (χ1) is 6.83. The van der Waals surface area contributed by atoms with Crippen molar-refractivity contribution in [2.45, 2.75) is 18.9 Å². The van der Waals surface area contributed by atoms with Crippen LogP contribution in [-0.2, 0) is 11.2 Å². The van der Waals surface area contributed by atoms with Crippen LogP contribution in [0.15, 0.2) is 18.2 Å². The Hall–Kier alpha value is -0.770. The average Bonchev–Trinajstić information content (AvgIpc) is 2.10. The van der Waals surface area contributed by atoms with Gasteiger partial charge in [0.05, 0.1) is 10.0 Å². The SMILES string of the molecule is CC(O)(Cc1ccc(Cl)c(Cl)c1)C(=O)O. The van der Waals surface area contributed by atoms with Gasteiger partial charge >= 0.3 is 5.97 Å². The molecule has 0 saturated carbocycles. The van der Waals surface area contributed by atoms with E-state index in [2.05, 4.69) is 0 Å². The molecule has 0 radical (unpaired) electrons. The zero-order valence-corrected chi connectivity index (χ0v) is 9.51. The van der Waals surface area contributed by atoms with E-state index in [0.717, 1.165) is 0 Å². The van der Waals surface area contributed by atoms with E-state index in [9.17, 15) is 9.90 Å². The fourth-order valence-corrected chi connectivity index (χ4v) is 1.44. The number of carboxylic acid groups (broad SMARTS) is 1. The lowest BCUT2D eigenvalue weighted by atomic mass is 9.97. The summed E-state index contributed by atoms with van der Waals surface area (Å²) in [4.78, 5) is 10.7. The molecule has 1 rings (SSSR count). The van der Waals surface area contributed by atoms with Gasteiger partial charge in [0, 0.05) is 6.42 Å². The van der Waals surface area contributed by atoms with Gasteiger partial charge in [0.15, 0.2) is 5.60 Å². The van der Waals surface area contributed by atoms with Crippen molar-refractivity contribution in [3.63, 3.8) is 0 Å². The normalized spacial score (nSPS) is 14.7. The molecule has 0 amide bonds. The van der Waals surface area contributed by atoms with E-state index in [4.69, 9.17) is 28.3 Å². The van der Waals surface area contributed by atoms with E-state index in [0.29, 0.717) is 15.6 Å². The smallest absolute Gasteiger partial charge is 0.335 e. The van der Waals surface area contributed by atoms with E-state index >= 15 is 0 Å². The molecule has 82 valence electrons. The molecular formula is C10H10Cl2O3. The maximum absolute atomic E-state index is 10.7. The lowest BCUT2D eigenvalue weighted by Crippen LogP contribution is -2.37. The zero-order chi connectivity index (χ0) is 11.6. The molecule has 0 aliphatic carbocycles. The number of aliphatic hydroxyl groups is 1. The standard InChI is InChI=1S/C10H10Cl2O3/c1-10(15,9(13)14)5-6-2-3-7(11)8(12)4-6/h2-4,15H,5H2,1H3,(H,13,14). The van der Waals surface area contributed by atoms with Gasteiger partial charge in [0.25, 0.3) is 0 Å². The highest BCUT2D eigenvalue weighted by Crippen LogP contribution is 2.24. The van der Waals surface area contributed by atoms with Crippen molar-refractivity contribution in [2.75, 3.05) is 0 Å².